The van der Waals surface area contributed by atoms with Crippen molar-refractivity contribution in [3.8, 4) is 44.5 Å². The number of benzene rings is 10. The molecule has 70 heavy (non-hydrogen) atoms. The van der Waals surface area contributed by atoms with Crippen molar-refractivity contribution in [3.05, 3.63) is 253 Å². The Morgan fingerprint density at radius 1 is 0.371 bits per heavy atom. The van der Waals surface area contributed by atoms with Crippen molar-refractivity contribution in [2.24, 2.45) is 0 Å². The van der Waals surface area contributed by atoms with Gasteiger partial charge >= 0.3 is 0 Å². The molecule has 10 aromatic carbocycles. The Kier molecular flexibility index (Phi) is 11.3. The first-order valence-electron chi connectivity index (χ1n) is 25.3. The van der Waals surface area contributed by atoms with Gasteiger partial charge in [-0.1, -0.05) is 191 Å². The van der Waals surface area contributed by atoms with E-state index in [1.165, 1.54) is 115 Å². The minimum atomic E-state index is -0.143. The molecule has 340 valence electrons. The van der Waals surface area contributed by atoms with Gasteiger partial charge in [0.25, 0.3) is 0 Å². The molecule has 2 aliphatic carbocycles. The number of hydrogen-bond donors (Lipinski definition) is 0. The predicted molar refractivity (Wildman–Crippen MR) is 298 cm³/mol. The first kappa shape index (κ1) is 43.3. The zero-order valence-electron chi connectivity index (χ0n) is 40.4. The van der Waals surface area contributed by atoms with Gasteiger partial charge in [-0.25, -0.2) is 0 Å². The summed E-state index contributed by atoms with van der Waals surface area (Å²) in [5.41, 5.74) is 22.1. The van der Waals surface area contributed by atoms with Crippen LogP contribution in [0.5, 0.6) is 0 Å². The minimum absolute atomic E-state index is 0.143. The summed E-state index contributed by atoms with van der Waals surface area (Å²) in [7, 11) is 0. The minimum Gasteiger partial charge on any atom is -0.311 e. The van der Waals surface area contributed by atoms with Gasteiger partial charge in [-0.3, -0.25) is 0 Å². The summed E-state index contributed by atoms with van der Waals surface area (Å²) in [5.74, 6) is 0.687. The number of aryl methyl sites for hydroxylation is 1. The predicted octanol–water partition coefficient (Wildman–Crippen LogP) is 19.4. The second-order valence-corrected chi connectivity index (χ2v) is 20.0. The van der Waals surface area contributed by atoms with E-state index in [-0.39, 0.29) is 5.41 Å². The van der Waals surface area contributed by atoms with Gasteiger partial charge in [-0.05, 0) is 170 Å². The number of rotatable bonds is 10. The quantitative estimate of drug-likeness (QED) is 0.135. The van der Waals surface area contributed by atoms with Crippen LogP contribution in [0.25, 0.3) is 55.3 Å². The Morgan fingerprint density at radius 2 is 0.900 bits per heavy atom. The second kappa shape index (κ2) is 18.2. The van der Waals surface area contributed by atoms with E-state index in [2.05, 4.69) is 261 Å². The molecule has 0 bridgehead atoms. The van der Waals surface area contributed by atoms with E-state index in [1.807, 2.05) is 0 Å². The third-order valence-corrected chi connectivity index (χ3v) is 15.4. The van der Waals surface area contributed by atoms with Crippen LogP contribution in [-0.2, 0) is 5.41 Å². The van der Waals surface area contributed by atoms with Crippen molar-refractivity contribution in [3.63, 3.8) is 0 Å². The van der Waals surface area contributed by atoms with E-state index in [1.54, 1.807) is 0 Å². The van der Waals surface area contributed by atoms with Gasteiger partial charge in [-0.15, -0.1) is 0 Å². The van der Waals surface area contributed by atoms with Crippen LogP contribution in [0, 0.1) is 6.92 Å². The monoisotopic (exact) mass is 902 g/mol. The molecule has 0 amide bonds. The Hall–Kier alpha value is -7.94. The van der Waals surface area contributed by atoms with Gasteiger partial charge in [0.15, 0.2) is 0 Å². The topological polar surface area (TPSA) is 6.48 Å². The highest BCUT2D eigenvalue weighted by atomic mass is 15.1. The van der Waals surface area contributed by atoms with Crippen LogP contribution in [0.1, 0.15) is 74.1 Å². The average molecular weight is 903 g/mol. The maximum Gasteiger partial charge on any atom is 0.0546 e. The van der Waals surface area contributed by atoms with Crippen molar-refractivity contribution in [2.75, 3.05) is 9.80 Å². The van der Waals surface area contributed by atoms with Crippen LogP contribution in [0.2, 0.25) is 0 Å². The van der Waals surface area contributed by atoms with Crippen LogP contribution in [0.3, 0.4) is 0 Å². The number of hydrogen-bond acceptors (Lipinski definition) is 2. The van der Waals surface area contributed by atoms with Gasteiger partial charge in [0.2, 0.25) is 0 Å². The fourth-order valence-electron chi connectivity index (χ4n) is 11.6. The van der Waals surface area contributed by atoms with Crippen LogP contribution in [-0.4, -0.2) is 0 Å². The fourth-order valence-corrected chi connectivity index (χ4v) is 11.6. The average Bonchev–Trinajstić information content (AvgIpc) is 3.65. The highest BCUT2D eigenvalue weighted by molar-refractivity contribution is 5.99. The summed E-state index contributed by atoms with van der Waals surface area (Å²) >= 11 is 0. The SMILES string of the molecule is Cc1cccc2c1-c1ccc(N(c3cccc(-c4ccc(-c5ccc(N(c6ccccc6)c6ccc(C7CCCCC7)cc6)cc5)cc4)c3)c3cc4ccccc4cc3-c3ccccc3)cc1C2(C)C. The van der Waals surface area contributed by atoms with Crippen molar-refractivity contribution in [1.29, 1.82) is 0 Å². The second-order valence-electron chi connectivity index (χ2n) is 20.0. The van der Waals surface area contributed by atoms with E-state index < -0.39 is 0 Å². The van der Waals surface area contributed by atoms with Crippen molar-refractivity contribution >= 4 is 44.9 Å². The molecule has 2 nitrogen and oxygen atoms in total. The maximum absolute atomic E-state index is 2.49. The number of fused-ring (bicyclic) bond motifs is 4. The Balaban J connectivity index is 0.900. The zero-order valence-corrected chi connectivity index (χ0v) is 40.4. The van der Waals surface area contributed by atoms with Gasteiger partial charge in [0.1, 0.15) is 0 Å². The molecular formula is C68H58N2. The summed E-state index contributed by atoms with van der Waals surface area (Å²) in [6.07, 6.45) is 6.68. The summed E-state index contributed by atoms with van der Waals surface area (Å²) in [6, 6.07) is 85.6. The first-order chi connectivity index (χ1) is 34.4. The molecule has 0 aliphatic heterocycles. The molecule has 0 aromatic heterocycles. The molecule has 12 rings (SSSR count). The van der Waals surface area contributed by atoms with Gasteiger partial charge in [0.05, 0.1) is 5.69 Å². The highest BCUT2D eigenvalue weighted by Gasteiger charge is 2.37. The number of para-hydroxylation sites is 1. The van der Waals surface area contributed by atoms with Crippen LogP contribution in [0.4, 0.5) is 34.1 Å². The molecule has 0 saturated heterocycles. The van der Waals surface area contributed by atoms with E-state index in [9.17, 15) is 0 Å². The third kappa shape index (κ3) is 7.98. The van der Waals surface area contributed by atoms with E-state index in [0.29, 0.717) is 5.92 Å². The molecule has 0 unspecified atom stereocenters. The van der Waals surface area contributed by atoms with Crippen LogP contribution < -0.4 is 9.80 Å². The molecule has 0 spiro atoms. The molecule has 0 heterocycles. The summed E-state index contributed by atoms with van der Waals surface area (Å²) < 4.78 is 0. The molecule has 1 fully saturated rings. The summed E-state index contributed by atoms with van der Waals surface area (Å²) in [4.78, 5) is 4.86. The summed E-state index contributed by atoms with van der Waals surface area (Å²) in [5, 5.41) is 2.44. The Bertz CT molecular complexity index is 3470. The Morgan fingerprint density at radius 3 is 1.60 bits per heavy atom. The standard InChI is InChI=1S/C68H58N2/c1-47-17-15-28-64-67(47)62-42-41-61(46-65(62)68(64,2)3)70(66-45-56-23-14-13-22-55(56)44-63(66)53-20-9-5-10-21-53)60-27-16-24-54(43-60)52-31-29-49(30-32-52)51-35-39-59(40-36-51)69(57-25-11-6-12-26-57)58-37-33-50(34-38-58)48-18-7-4-8-19-48/h5-6,9-17,20-46,48H,4,7-8,18-19H2,1-3H3. The number of nitrogens with zero attached hydrogens (tertiary/aromatic N) is 2. The van der Waals surface area contributed by atoms with Gasteiger partial charge in [-0.2, -0.15) is 0 Å². The van der Waals surface area contributed by atoms with Crippen molar-refractivity contribution in [2.45, 2.75) is 64.2 Å². The molecule has 10 aromatic rings. The molecular weight excluding hydrogens is 845 g/mol. The Labute approximate surface area is 414 Å². The van der Waals surface area contributed by atoms with Crippen molar-refractivity contribution < 1.29 is 0 Å². The van der Waals surface area contributed by atoms with E-state index in [0.717, 1.165) is 28.4 Å². The molecule has 2 heteroatoms. The lowest BCUT2D eigenvalue weighted by Gasteiger charge is -2.30. The van der Waals surface area contributed by atoms with Crippen LogP contribution in [0.15, 0.2) is 231 Å². The number of anilines is 6. The summed E-state index contributed by atoms with van der Waals surface area (Å²) in [6.45, 7) is 7.01. The fraction of sp³-hybridized carbons (Fsp3) is 0.147. The lowest BCUT2D eigenvalue weighted by molar-refractivity contribution is 0.443. The molecule has 1 saturated carbocycles. The lowest BCUT2D eigenvalue weighted by Crippen LogP contribution is -2.17. The first-order valence-corrected chi connectivity index (χ1v) is 25.3. The van der Waals surface area contributed by atoms with E-state index in [4.69, 9.17) is 0 Å². The molecule has 0 N–H and O–H groups in total. The zero-order chi connectivity index (χ0) is 47.2. The largest absolute Gasteiger partial charge is 0.311 e. The normalized spacial score (nSPS) is 14.0. The highest BCUT2D eigenvalue weighted by Crippen LogP contribution is 2.53. The van der Waals surface area contributed by atoms with Gasteiger partial charge < -0.3 is 9.80 Å². The lowest BCUT2D eigenvalue weighted by atomic mass is 9.82. The van der Waals surface area contributed by atoms with E-state index >= 15 is 0 Å². The van der Waals surface area contributed by atoms with Gasteiger partial charge in [0, 0.05) is 39.4 Å². The smallest absolute Gasteiger partial charge is 0.0546 e. The molecule has 0 radical (unpaired) electrons. The molecule has 2 aliphatic rings. The third-order valence-electron chi connectivity index (χ3n) is 15.4. The molecule has 0 atom stereocenters. The van der Waals surface area contributed by atoms with Crippen molar-refractivity contribution in [1.82, 2.24) is 0 Å². The van der Waals surface area contributed by atoms with Crippen LogP contribution >= 0.6 is 0 Å². The maximum atomic E-state index is 2.49.